The van der Waals surface area contributed by atoms with Gasteiger partial charge in [0, 0.05) is 60.0 Å². The van der Waals surface area contributed by atoms with Crippen molar-refractivity contribution in [3.05, 3.63) is 78.4 Å². The minimum absolute atomic E-state index is 0.189. The fourth-order valence-electron chi connectivity index (χ4n) is 5.72. The first-order chi connectivity index (χ1) is 19.7. The molecule has 1 saturated carbocycles. The number of imidazole rings is 1. The highest BCUT2D eigenvalue weighted by molar-refractivity contribution is 7.90. The van der Waals surface area contributed by atoms with E-state index in [4.69, 9.17) is 9.97 Å². The monoisotopic (exact) mass is 565 g/mol. The van der Waals surface area contributed by atoms with Crippen molar-refractivity contribution >= 4 is 31.8 Å². The zero-order chi connectivity index (χ0) is 28.5. The molecule has 4 aromatic heterocycles. The Balaban J connectivity index is 1.37. The molecule has 6 aromatic rings. The summed E-state index contributed by atoms with van der Waals surface area (Å²) in [4.78, 5) is 10.5. The van der Waals surface area contributed by atoms with E-state index in [9.17, 15) is 8.42 Å². The van der Waals surface area contributed by atoms with E-state index in [-0.39, 0.29) is 16.7 Å². The van der Waals surface area contributed by atoms with Gasteiger partial charge >= 0.3 is 0 Å². The zero-order valence-electron chi connectivity index (χ0n) is 23.5. The van der Waals surface area contributed by atoms with Crippen molar-refractivity contribution in [3.63, 3.8) is 0 Å². The predicted octanol–water partition coefficient (Wildman–Crippen LogP) is 5.82. The number of aryl methyl sites for hydroxylation is 1. The molecule has 0 amide bonds. The van der Waals surface area contributed by atoms with E-state index in [2.05, 4.69) is 47.8 Å². The third-order valence-corrected chi connectivity index (χ3v) is 9.38. The summed E-state index contributed by atoms with van der Waals surface area (Å²) in [6, 6.07) is 16.6. The maximum atomic E-state index is 13.1. The molecule has 0 saturated heterocycles. The van der Waals surface area contributed by atoms with E-state index in [1.807, 2.05) is 31.6 Å². The first-order valence-corrected chi connectivity index (χ1v) is 15.5. The van der Waals surface area contributed by atoms with Crippen LogP contribution >= 0.6 is 0 Å². The van der Waals surface area contributed by atoms with Crippen LogP contribution in [0, 0.1) is 0 Å². The molecular weight excluding hydrogens is 534 g/mol. The number of rotatable bonds is 7. The predicted molar refractivity (Wildman–Crippen MR) is 159 cm³/mol. The second kappa shape index (κ2) is 9.37. The average molecular weight is 566 g/mol. The average Bonchev–Trinajstić information content (AvgIpc) is 3.44. The van der Waals surface area contributed by atoms with Gasteiger partial charge < -0.3 is 4.57 Å². The quantitative estimate of drug-likeness (QED) is 0.242. The van der Waals surface area contributed by atoms with E-state index in [1.165, 1.54) is 10.4 Å². The lowest BCUT2D eigenvalue weighted by molar-refractivity contribution is 0.576. The fraction of sp³-hybridized carbons (Fsp3) is 0.290. The summed E-state index contributed by atoms with van der Waals surface area (Å²) in [5.41, 5.74) is 6.51. The molecule has 0 N–H and O–H groups in total. The summed E-state index contributed by atoms with van der Waals surface area (Å²) in [5.74, 6) is 1.26. The number of benzene rings is 2. The lowest BCUT2D eigenvalue weighted by Crippen LogP contribution is -2.11. The van der Waals surface area contributed by atoms with Crippen molar-refractivity contribution in [3.8, 4) is 22.6 Å². The summed E-state index contributed by atoms with van der Waals surface area (Å²) in [6.07, 6.45) is 6.06. The van der Waals surface area contributed by atoms with Crippen LogP contribution in [0.4, 0.5) is 0 Å². The first-order valence-electron chi connectivity index (χ1n) is 13.8. The SMILES string of the molecule is CC(C)c1nc2nn(C)cc2cc1-c1nc(-c2cccc3nn(CS(=O)(=O)c4ccccc4)cc23)c(C2CC2)n1C. The van der Waals surface area contributed by atoms with Gasteiger partial charge in [-0.05, 0) is 43.0 Å². The molecule has 0 bridgehead atoms. The van der Waals surface area contributed by atoms with Crippen molar-refractivity contribution in [2.24, 2.45) is 14.1 Å². The Morgan fingerprint density at radius 3 is 2.44 bits per heavy atom. The number of hydrogen-bond acceptors (Lipinski definition) is 6. The molecule has 0 unspecified atom stereocenters. The topological polar surface area (TPSA) is 100 Å². The molecular formula is C31H31N7O2S. The smallest absolute Gasteiger partial charge is 0.198 e. The number of sulfone groups is 1. The molecule has 1 aliphatic rings. The summed E-state index contributed by atoms with van der Waals surface area (Å²) >= 11 is 0. The van der Waals surface area contributed by atoms with Gasteiger partial charge in [-0.25, -0.2) is 18.4 Å². The van der Waals surface area contributed by atoms with Gasteiger partial charge in [0.05, 0.1) is 21.8 Å². The van der Waals surface area contributed by atoms with E-state index in [0.717, 1.165) is 63.1 Å². The fourth-order valence-corrected chi connectivity index (χ4v) is 6.92. The second-order valence-electron chi connectivity index (χ2n) is 11.3. The zero-order valence-corrected chi connectivity index (χ0v) is 24.3. The van der Waals surface area contributed by atoms with E-state index in [0.29, 0.717) is 5.92 Å². The van der Waals surface area contributed by atoms with Crippen molar-refractivity contribution < 1.29 is 8.42 Å². The van der Waals surface area contributed by atoms with E-state index < -0.39 is 9.84 Å². The number of fused-ring (bicyclic) bond motifs is 2. The maximum Gasteiger partial charge on any atom is 0.198 e. The van der Waals surface area contributed by atoms with Gasteiger partial charge in [0.15, 0.2) is 15.5 Å². The first kappa shape index (κ1) is 25.6. The summed E-state index contributed by atoms with van der Waals surface area (Å²) in [6.45, 7) is 4.29. The number of nitrogens with zero attached hydrogens (tertiary/aromatic N) is 7. The molecule has 0 radical (unpaired) electrons. The lowest BCUT2D eigenvalue weighted by atomic mass is 10.0. The molecule has 0 aliphatic heterocycles. The highest BCUT2D eigenvalue weighted by atomic mass is 32.2. The van der Waals surface area contributed by atoms with Crippen LogP contribution in [0.1, 0.15) is 49.9 Å². The maximum absolute atomic E-state index is 13.1. The van der Waals surface area contributed by atoms with Gasteiger partial charge in [-0.1, -0.05) is 44.2 Å². The van der Waals surface area contributed by atoms with Crippen LogP contribution in [0.3, 0.4) is 0 Å². The minimum Gasteiger partial charge on any atom is -0.330 e. The van der Waals surface area contributed by atoms with Gasteiger partial charge in [-0.2, -0.15) is 10.2 Å². The van der Waals surface area contributed by atoms with Crippen molar-refractivity contribution in [2.75, 3.05) is 0 Å². The minimum atomic E-state index is -3.55. The van der Waals surface area contributed by atoms with Crippen molar-refractivity contribution in [1.82, 2.24) is 34.1 Å². The summed E-state index contributed by atoms with van der Waals surface area (Å²) < 4.78 is 31.7. The molecule has 4 heterocycles. The van der Waals surface area contributed by atoms with Crippen LogP contribution in [0.25, 0.3) is 44.6 Å². The molecule has 7 rings (SSSR count). The van der Waals surface area contributed by atoms with E-state index >= 15 is 0 Å². The number of pyridine rings is 1. The van der Waals surface area contributed by atoms with Gasteiger partial charge in [-0.15, -0.1) is 0 Å². The standard InChI is InChI=1S/C31H31N7O2S/c1-19(2)27-24(15-21-16-36(3)35-30(21)32-27)31-33-28(29(37(31)4)20-13-14-20)23-11-8-12-26-25(23)17-38(34-26)18-41(39,40)22-9-6-5-7-10-22/h5-12,15-17,19-20H,13-14,18H2,1-4H3. The molecule has 0 spiro atoms. The third-order valence-electron chi connectivity index (χ3n) is 7.79. The lowest BCUT2D eigenvalue weighted by Gasteiger charge is -2.12. The Labute approximate surface area is 238 Å². The molecule has 1 aliphatic carbocycles. The van der Waals surface area contributed by atoms with Crippen LogP contribution in [0.2, 0.25) is 0 Å². The molecule has 10 heteroatoms. The van der Waals surface area contributed by atoms with Crippen LogP contribution < -0.4 is 0 Å². The molecule has 2 aromatic carbocycles. The van der Waals surface area contributed by atoms with Crippen LogP contribution in [0.15, 0.2) is 71.9 Å². The van der Waals surface area contributed by atoms with Gasteiger partial charge in [0.1, 0.15) is 11.7 Å². The largest absolute Gasteiger partial charge is 0.330 e. The molecule has 1 fully saturated rings. The highest BCUT2D eigenvalue weighted by Crippen LogP contribution is 2.47. The number of hydrogen-bond donors (Lipinski definition) is 0. The summed E-state index contributed by atoms with van der Waals surface area (Å²) in [7, 11) is 0.448. The van der Waals surface area contributed by atoms with E-state index in [1.54, 1.807) is 35.0 Å². The summed E-state index contributed by atoms with van der Waals surface area (Å²) in [5, 5.41) is 11.0. The van der Waals surface area contributed by atoms with Crippen LogP contribution in [-0.2, 0) is 29.8 Å². The van der Waals surface area contributed by atoms with Crippen LogP contribution in [-0.4, -0.2) is 42.5 Å². The van der Waals surface area contributed by atoms with Crippen molar-refractivity contribution in [2.45, 2.75) is 49.3 Å². The Kier molecular flexibility index (Phi) is 5.86. The molecule has 41 heavy (non-hydrogen) atoms. The van der Waals surface area contributed by atoms with Gasteiger partial charge in [-0.3, -0.25) is 9.36 Å². The molecule has 208 valence electrons. The number of aromatic nitrogens is 7. The Bertz CT molecular complexity index is 2050. The Morgan fingerprint density at radius 1 is 0.927 bits per heavy atom. The van der Waals surface area contributed by atoms with Crippen LogP contribution in [0.5, 0.6) is 0 Å². The molecule has 9 nitrogen and oxygen atoms in total. The normalized spacial score (nSPS) is 14.1. The highest BCUT2D eigenvalue weighted by Gasteiger charge is 2.33. The van der Waals surface area contributed by atoms with Gasteiger partial charge in [0.25, 0.3) is 0 Å². The Hall–Kier alpha value is -4.31. The third kappa shape index (κ3) is 4.42. The van der Waals surface area contributed by atoms with Crippen molar-refractivity contribution in [1.29, 1.82) is 0 Å². The molecule has 0 atom stereocenters. The van der Waals surface area contributed by atoms with Gasteiger partial charge in [0.2, 0.25) is 0 Å². The second-order valence-corrected chi connectivity index (χ2v) is 13.2. The Morgan fingerprint density at radius 2 is 1.71 bits per heavy atom.